The fourth-order valence-corrected chi connectivity index (χ4v) is 4.39. The molecule has 0 fully saturated rings. The van der Waals surface area contributed by atoms with E-state index in [1.807, 2.05) is 55.2 Å². The molecule has 0 aliphatic carbocycles. The van der Waals surface area contributed by atoms with Crippen LogP contribution >= 0.6 is 22.7 Å². The van der Waals surface area contributed by atoms with E-state index < -0.39 is 0 Å². The van der Waals surface area contributed by atoms with Gasteiger partial charge in [0.2, 0.25) is 5.91 Å². The number of aromatic nitrogens is 1. The van der Waals surface area contributed by atoms with E-state index in [1.54, 1.807) is 29.8 Å². The highest BCUT2D eigenvalue weighted by Crippen LogP contribution is 2.28. The van der Waals surface area contributed by atoms with E-state index in [-0.39, 0.29) is 18.4 Å². The van der Waals surface area contributed by atoms with Crippen molar-refractivity contribution in [3.8, 4) is 16.3 Å². The Bertz CT molecular complexity index is 875. The molecule has 142 valence electrons. The van der Waals surface area contributed by atoms with E-state index in [1.165, 1.54) is 0 Å². The fourth-order valence-electron chi connectivity index (χ4n) is 2.86. The molecule has 1 atom stereocenters. The standard InChI is InChI=1S/C20H23N3O2S2/c1-23(2)17(16-6-4-5-7-18(16)25-3)11-21-19(24)10-15-13-27-20(22-15)14-8-9-26-12-14/h4-9,12-13,17H,10-11H2,1-3H3,(H,21,24). The molecule has 2 aromatic heterocycles. The smallest absolute Gasteiger partial charge is 0.226 e. The molecule has 27 heavy (non-hydrogen) atoms. The lowest BCUT2D eigenvalue weighted by molar-refractivity contribution is -0.120. The zero-order valence-corrected chi connectivity index (χ0v) is 17.3. The first-order valence-electron chi connectivity index (χ1n) is 8.61. The van der Waals surface area contributed by atoms with Crippen LogP contribution in [-0.2, 0) is 11.2 Å². The molecular formula is C20H23N3O2S2. The molecule has 7 heteroatoms. The van der Waals surface area contributed by atoms with Crippen molar-refractivity contribution in [2.75, 3.05) is 27.7 Å². The normalized spacial score (nSPS) is 12.1. The Morgan fingerprint density at radius 2 is 2.07 bits per heavy atom. The number of amides is 1. The van der Waals surface area contributed by atoms with Crippen LogP contribution in [0.15, 0.2) is 46.5 Å². The number of carbonyl (C=O) groups excluding carboxylic acids is 1. The van der Waals surface area contributed by atoms with Crippen molar-refractivity contribution in [1.82, 2.24) is 15.2 Å². The summed E-state index contributed by atoms with van der Waals surface area (Å²) in [6, 6.07) is 9.97. The summed E-state index contributed by atoms with van der Waals surface area (Å²) in [6.45, 7) is 0.508. The van der Waals surface area contributed by atoms with Gasteiger partial charge in [0.05, 0.1) is 25.3 Å². The van der Waals surface area contributed by atoms with Crippen LogP contribution in [0.2, 0.25) is 0 Å². The van der Waals surface area contributed by atoms with Gasteiger partial charge in [-0.3, -0.25) is 4.79 Å². The van der Waals surface area contributed by atoms with Crippen molar-refractivity contribution in [1.29, 1.82) is 0 Å². The summed E-state index contributed by atoms with van der Waals surface area (Å²) in [6.07, 6.45) is 0.284. The van der Waals surface area contributed by atoms with Crippen molar-refractivity contribution in [3.63, 3.8) is 0 Å². The highest BCUT2D eigenvalue weighted by Gasteiger charge is 2.19. The predicted molar refractivity (Wildman–Crippen MR) is 112 cm³/mol. The third kappa shape index (κ3) is 4.94. The number of methoxy groups -OCH3 is 1. The number of ether oxygens (including phenoxy) is 1. The Balaban J connectivity index is 1.61. The van der Waals surface area contributed by atoms with Gasteiger partial charge in [-0.25, -0.2) is 4.98 Å². The Kier molecular flexibility index (Phi) is 6.60. The summed E-state index contributed by atoms with van der Waals surface area (Å²) < 4.78 is 5.47. The summed E-state index contributed by atoms with van der Waals surface area (Å²) in [4.78, 5) is 19.1. The van der Waals surface area contributed by atoms with Gasteiger partial charge < -0.3 is 15.0 Å². The van der Waals surface area contributed by atoms with E-state index in [4.69, 9.17) is 4.74 Å². The molecule has 1 amide bonds. The fraction of sp³-hybridized carbons (Fsp3) is 0.300. The van der Waals surface area contributed by atoms with Gasteiger partial charge >= 0.3 is 0 Å². The van der Waals surface area contributed by atoms with Gasteiger partial charge in [0.25, 0.3) is 0 Å². The van der Waals surface area contributed by atoms with Gasteiger partial charge in [-0.2, -0.15) is 11.3 Å². The topological polar surface area (TPSA) is 54.5 Å². The largest absolute Gasteiger partial charge is 0.496 e. The Labute approximate surface area is 167 Å². The summed E-state index contributed by atoms with van der Waals surface area (Å²) in [5, 5.41) is 10.0. The lowest BCUT2D eigenvalue weighted by Gasteiger charge is -2.26. The van der Waals surface area contributed by atoms with Crippen molar-refractivity contribution in [3.05, 3.63) is 57.7 Å². The number of likely N-dealkylation sites (N-methyl/N-ethyl adjacent to an activating group) is 1. The summed E-state index contributed by atoms with van der Waals surface area (Å²) in [5.41, 5.74) is 2.97. The minimum absolute atomic E-state index is 0.0288. The Morgan fingerprint density at radius 1 is 1.26 bits per heavy atom. The monoisotopic (exact) mass is 401 g/mol. The first-order chi connectivity index (χ1) is 13.1. The summed E-state index contributed by atoms with van der Waals surface area (Å²) in [7, 11) is 5.66. The number of carbonyl (C=O) groups is 1. The molecule has 0 radical (unpaired) electrons. The minimum atomic E-state index is -0.0288. The second-order valence-electron chi connectivity index (χ2n) is 6.36. The van der Waals surface area contributed by atoms with Crippen LogP contribution in [0.3, 0.4) is 0 Å². The van der Waals surface area contributed by atoms with Gasteiger partial charge in [-0.1, -0.05) is 18.2 Å². The van der Waals surface area contributed by atoms with Crippen LogP contribution < -0.4 is 10.1 Å². The molecule has 3 rings (SSSR count). The quantitative estimate of drug-likeness (QED) is 0.623. The van der Waals surface area contributed by atoms with Crippen molar-refractivity contribution in [2.24, 2.45) is 0 Å². The third-order valence-electron chi connectivity index (χ3n) is 4.28. The molecule has 0 saturated carbocycles. The molecule has 5 nitrogen and oxygen atoms in total. The predicted octanol–water partition coefficient (Wildman–Crippen LogP) is 3.84. The highest BCUT2D eigenvalue weighted by molar-refractivity contribution is 7.14. The van der Waals surface area contributed by atoms with Crippen LogP contribution in [0.1, 0.15) is 17.3 Å². The average molecular weight is 402 g/mol. The van der Waals surface area contributed by atoms with Crippen LogP contribution in [0.4, 0.5) is 0 Å². The number of nitrogens with one attached hydrogen (secondary N) is 1. The molecule has 0 aliphatic heterocycles. The molecule has 3 aromatic rings. The van der Waals surface area contributed by atoms with Crippen LogP contribution in [0, 0.1) is 0 Å². The first kappa shape index (κ1) is 19.5. The van der Waals surface area contributed by atoms with Crippen molar-refractivity contribution < 1.29 is 9.53 Å². The van der Waals surface area contributed by atoms with E-state index in [9.17, 15) is 4.79 Å². The van der Waals surface area contributed by atoms with Crippen molar-refractivity contribution in [2.45, 2.75) is 12.5 Å². The zero-order chi connectivity index (χ0) is 19.2. The molecule has 0 aliphatic rings. The van der Waals surface area contributed by atoms with Gasteiger partial charge in [0, 0.05) is 28.4 Å². The van der Waals surface area contributed by atoms with E-state index in [0.29, 0.717) is 6.54 Å². The Morgan fingerprint density at radius 3 is 2.78 bits per heavy atom. The second-order valence-corrected chi connectivity index (χ2v) is 8.00. The third-order valence-corrected chi connectivity index (χ3v) is 5.90. The maximum atomic E-state index is 12.4. The number of thiazole rings is 1. The molecule has 0 bridgehead atoms. The molecule has 1 N–H and O–H groups in total. The number of para-hydroxylation sites is 1. The minimum Gasteiger partial charge on any atom is -0.496 e. The lowest BCUT2D eigenvalue weighted by Crippen LogP contribution is -2.35. The lowest BCUT2D eigenvalue weighted by atomic mass is 10.0. The Hall–Kier alpha value is -2.22. The number of nitrogens with zero attached hydrogens (tertiary/aromatic N) is 2. The highest BCUT2D eigenvalue weighted by atomic mass is 32.1. The second kappa shape index (κ2) is 9.12. The van der Waals surface area contributed by atoms with E-state index >= 15 is 0 Å². The van der Waals surface area contributed by atoms with Gasteiger partial charge in [-0.15, -0.1) is 11.3 Å². The van der Waals surface area contributed by atoms with E-state index in [2.05, 4.69) is 20.6 Å². The number of benzene rings is 1. The maximum absolute atomic E-state index is 12.4. The first-order valence-corrected chi connectivity index (χ1v) is 10.4. The molecule has 0 spiro atoms. The number of hydrogen-bond donors (Lipinski definition) is 1. The summed E-state index contributed by atoms with van der Waals surface area (Å²) >= 11 is 3.22. The van der Waals surface area contributed by atoms with E-state index in [0.717, 1.165) is 27.6 Å². The molecule has 1 aromatic carbocycles. The molecular weight excluding hydrogens is 378 g/mol. The molecule has 1 unspecified atom stereocenters. The zero-order valence-electron chi connectivity index (χ0n) is 15.6. The van der Waals surface area contributed by atoms with Gasteiger partial charge in [0.15, 0.2) is 0 Å². The number of rotatable bonds is 8. The van der Waals surface area contributed by atoms with Crippen molar-refractivity contribution >= 4 is 28.6 Å². The average Bonchev–Trinajstić information content (AvgIpc) is 3.33. The SMILES string of the molecule is COc1ccccc1C(CNC(=O)Cc1csc(-c2ccsc2)n1)N(C)C. The number of thiophene rings is 1. The number of hydrogen-bond acceptors (Lipinski definition) is 6. The van der Waals surface area contributed by atoms with Crippen LogP contribution in [0.5, 0.6) is 5.75 Å². The van der Waals surface area contributed by atoms with Gasteiger partial charge in [0.1, 0.15) is 10.8 Å². The summed E-state index contributed by atoms with van der Waals surface area (Å²) in [5.74, 6) is 0.796. The molecule has 2 heterocycles. The van der Waals surface area contributed by atoms with Crippen LogP contribution in [-0.4, -0.2) is 43.5 Å². The maximum Gasteiger partial charge on any atom is 0.226 e. The molecule has 0 saturated heterocycles. The van der Waals surface area contributed by atoms with Gasteiger partial charge in [-0.05, 0) is 31.6 Å². The van der Waals surface area contributed by atoms with Crippen LogP contribution in [0.25, 0.3) is 10.6 Å².